The van der Waals surface area contributed by atoms with E-state index in [1.165, 1.54) is 12.5 Å². The van der Waals surface area contributed by atoms with E-state index in [9.17, 15) is 9.90 Å². The van der Waals surface area contributed by atoms with E-state index in [1.54, 1.807) is 12.1 Å². The molecule has 0 saturated carbocycles. The minimum atomic E-state index is -1.20. The number of aromatic nitrogens is 1. The smallest absolute Gasteiger partial charge is 0.323 e. The standard InChI is InChI=1S/C13H13NO3/c1-2-13(12(15)16,11-14-8-9-17-11)10-6-4-3-5-7-10/h3-9H,2H2,1H3,(H,15,16). The van der Waals surface area contributed by atoms with Gasteiger partial charge in [-0.25, -0.2) is 4.98 Å². The Bertz CT molecular complexity index is 493. The molecule has 1 aromatic heterocycles. The highest BCUT2D eigenvalue weighted by Gasteiger charge is 2.44. The number of hydrogen-bond donors (Lipinski definition) is 1. The van der Waals surface area contributed by atoms with Crippen molar-refractivity contribution >= 4 is 5.97 Å². The number of aliphatic carboxylic acids is 1. The predicted molar refractivity (Wildman–Crippen MR) is 61.7 cm³/mol. The molecule has 0 amide bonds. The molecule has 4 nitrogen and oxygen atoms in total. The molecule has 2 rings (SSSR count). The maximum atomic E-state index is 11.7. The summed E-state index contributed by atoms with van der Waals surface area (Å²) in [6.45, 7) is 1.81. The van der Waals surface area contributed by atoms with Crippen LogP contribution in [0.2, 0.25) is 0 Å². The van der Waals surface area contributed by atoms with Gasteiger partial charge in [0.05, 0.1) is 6.20 Å². The number of nitrogens with zero attached hydrogens (tertiary/aromatic N) is 1. The van der Waals surface area contributed by atoms with Crippen LogP contribution in [0.1, 0.15) is 24.8 Å². The molecular formula is C13H13NO3. The highest BCUT2D eigenvalue weighted by Crippen LogP contribution is 2.34. The van der Waals surface area contributed by atoms with Gasteiger partial charge in [0.15, 0.2) is 5.41 Å². The van der Waals surface area contributed by atoms with Crippen LogP contribution in [0.4, 0.5) is 0 Å². The Balaban J connectivity index is 2.63. The summed E-state index contributed by atoms with van der Waals surface area (Å²) in [6.07, 6.45) is 3.24. The van der Waals surface area contributed by atoms with Gasteiger partial charge in [0.25, 0.3) is 0 Å². The molecule has 0 spiro atoms. The topological polar surface area (TPSA) is 63.3 Å². The van der Waals surface area contributed by atoms with Gasteiger partial charge in [0, 0.05) is 0 Å². The average molecular weight is 231 g/mol. The summed E-state index contributed by atoms with van der Waals surface area (Å²) in [4.78, 5) is 15.7. The molecule has 0 aliphatic carbocycles. The lowest BCUT2D eigenvalue weighted by Crippen LogP contribution is -2.36. The van der Waals surface area contributed by atoms with E-state index >= 15 is 0 Å². The monoisotopic (exact) mass is 231 g/mol. The van der Waals surface area contributed by atoms with Gasteiger partial charge in [-0.15, -0.1) is 0 Å². The summed E-state index contributed by atoms with van der Waals surface area (Å²) >= 11 is 0. The van der Waals surface area contributed by atoms with Gasteiger partial charge in [0.2, 0.25) is 5.89 Å². The SMILES string of the molecule is CCC(C(=O)O)(c1ccccc1)c1ncco1. The Labute approximate surface area is 98.9 Å². The summed E-state index contributed by atoms with van der Waals surface area (Å²) in [5.41, 5.74) is -0.525. The third kappa shape index (κ3) is 1.71. The van der Waals surface area contributed by atoms with Crippen molar-refractivity contribution in [3.05, 3.63) is 54.2 Å². The molecule has 1 heterocycles. The number of oxazole rings is 1. The first-order chi connectivity index (χ1) is 8.21. The van der Waals surface area contributed by atoms with E-state index in [0.717, 1.165) is 0 Å². The maximum absolute atomic E-state index is 11.7. The van der Waals surface area contributed by atoms with Crippen molar-refractivity contribution in [3.63, 3.8) is 0 Å². The third-order valence-electron chi connectivity index (χ3n) is 2.96. The van der Waals surface area contributed by atoms with Crippen molar-refractivity contribution in [2.75, 3.05) is 0 Å². The van der Waals surface area contributed by atoms with Crippen molar-refractivity contribution in [1.82, 2.24) is 4.98 Å². The maximum Gasteiger partial charge on any atom is 0.323 e. The van der Waals surface area contributed by atoms with Crippen molar-refractivity contribution in [3.8, 4) is 0 Å². The Morgan fingerprint density at radius 1 is 1.41 bits per heavy atom. The van der Waals surface area contributed by atoms with Crippen LogP contribution in [0.3, 0.4) is 0 Å². The molecule has 1 unspecified atom stereocenters. The molecule has 0 radical (unpaired) electrons. The second kappa shape index (κ2) is 4.41. The number of hydrogen-bond acceptors (Lipinski definition) is 3. The van der Waals surface area contributed by atoms with E-state index in [0.29, 0.717) is 12.0 Å². The fourth-order valence-electron chi connectivity index (χ4n) is 2.00. The fraction of sp³-hybridized carbons (Fsp3) is 0.231. The van der Waals surface area contributed by atoms with Gasteiger partial charge in [0.1, 0.15) is 6.26 Å². The molecule has 4 heteroatoms. The van der Waals surface area contributed by atoms with Crippen molar-refractivity contribution in [1.29, 1.82) is 0 Å². The van der Waals surface area contributed by atoms with Gasteiger partial charge < -0.3 is 9.52 Å². The first kappa shape index (κ1) is 11.4. The summed E-state index contributed by atoms with van der Waals surface area (Å²) < 4.78 is 5.21. The average Bonchev–Trinajstić information content (AvgIpc) is 2.86. The largest absolute Gasteiger partial charge is 0.480 e. The summed E-state index contributed by atoms with van der Waals surface area (Å²) in [5, 5.41) is 9.55. The number of benzene rings is 1. The summed E-state index contributed by atoms with van der Waals surface area (Å²) in [7, 11) is 0. The number of rotatable bonds is 4. The number of carbonyl (C=O) groups is 1. The van der Waals surface area contributed by atoms with E-state index in [4.69, 9.17) is 4.42 Å². The zero-order valence-electron chi connectivity index (χ0n) is 9.46. The second-order valence-corrected chi connectivity index (χ2v) is 3.77. The second-order valence-electron chi connectivity index (χ2n) is 3.77. The Kier molecular flexibility index (Phi) is 2.95. The summed E-state index contributed by atoms with van der Waals surface area (Å²) in [5.74, 6) is -0.729. The van der Waals surface area contributed by atoms with Crippen molar-refractivity contribution in [2.45, 2.75) is 18.8 Å². The molecule has 2 aromatic rings. The van der Waals surface area contributed by atoms with Crippen LogP contribution in [-0.2, 0) is 10.2 Å². The number of carboxylic acid groups (broad SMARTS) is 1. The van der Waals surface area contributed by atoms with Gasteiger partial charge in [-0.2, -0.15) is 0 Å². The van der Waals surface area contributed by atoms with Gasteiger partial charge in [-0.05, 0) is 12.0 Å². The lowest BCUT2D eigenvalue weighted by molar-refractivity contribution is -0.143. The molecule has 17 heavy (non-hydrogen) atoms. The molecule has 0 aliphatic rings. The zero-order valence-corrected chi connectivity index (χ0v) is 9.46. The highest BCUT2D eigenvalue weighted by atomic mass is 16.4. The zero-order chi connectivity index (χ0) is 12.3. The van der Waals surface area contributed by atoms with Crippen LogP contribution in [-0.4, -0.2) is 16.1 Å². The van der Waals surface area contributed by atoms with Crippen LogP contribution in [0.25, 0.3) is 0 Å². The van der Waals surface area contributed by atoms with Crippen LogP contribution in [0.5, 0.6) is 0 Å². The van der Waals surface area contributed by atoms with E-state index in [1.807, 2.05) is 25.1 Å². The quantitative estimate of drug-likeness (QED) is 0.877. The minimum absolute atomic E-state index is 0.221. The third-order valence-corrected chi connectivity index (χ3v) is 2.96. The summed E-state index contributed by atoms with van der Waals surface area (Å²) in [6, 6.07) is 9.03. The van der Waals surface area contributed by atoms with E-state index in [-0.39, 0.29) is 5.89 Å². The molecular weight excluding hydrogens is 218 g/mol. The first-order valence-corrected chi connectivity index (χ1v) is 5.40. The van der Waals surface area contributed by atoms with Crippen LogP contribution < -0.4 is 0 Å². The van der Waals surface area contributed by atoms with Crippen molar-refractivity contribution < 1.29 is 14.3 Å². The Morgan fingerprint density at radius 2 is 2.12 bits per heavy atom. The molecule has 1 N–H and O–H groups in total. The van der Waals surface area contributed by atoms with Gasteiger partial charge in [-0.3, -0.25) is 4.79 Å². The van der Waals surface area contributed by atoms with Gasteiger partial charge in [-0.1, -0.05) is 37.3 Å². The molecule has 0 aliphatic heterocycles. The first-order valence-electron chi connectivity index (χ1n) is 5.40. The highest BCUT2D eigenvalue weighted by molar-refractivity contribution is 5.84. The number of carboxylic acids is 1. The molecule has 0 bridgehead atoms. The lowest BCUT2D eigenvalue weighted by atomic mass is 9.78. The molecule has 88 valence electrons. The van der Waals surface area contributed by atoms with E-state index < -0.39 is 11.4 Å². The lowest BCUT2D eigenvalue weighted by Gasteiger charge is -2.25. The molecule has 1 aromatic carbocycles. The Morgan fingerprint density at radius 3 is 2.59 bits per heavy atom. The van der Waals surface area contributed by atoms with Crippen LogP contribution in [0.15, 0.2) is 47.2 Å². The normalized spacial score (nSPS) is 14.2. The molecule has 1 atom stereocenters. The minimum Gasteiger partial charge on any atom is -0.480 e. The van der Waals surface area contributed by atoms with Crippen LogP contribution in [0, 0.1) is 0 Å². The van der Waals surface area contributed by atoms with Crippen LogP contribution >= 0.6 is 0 Å². The Hall–Kier alpha value is -2.10. The molecule has 0 saturated heterocycles. The van der Waals surface area contributed by atoms with E-state index in [2.05, 4.69) is 4.98 Å². The van der Waals surface area contributed by atoms with Crippen molar-refractivity contribution in [2.24, 2.45) is 0 Å². The predicted octanol–water partition coefficient (Wildman–Crippen LogP) is 2.46. The molecule has 0 fully saturated rings. The fourth-order valence-corrected chi connectivity index (χ4v) is 2.00. The van der Waals surface area contributed by atoms with Gasteiger partial charge >= 0.3 is 5.97 Å².